The van der Waals surface area contributed by atoms with Gasteiger partial charge < -0.3 is 4.74 Å². The van der Waals surface area contributed by atoms with Crippen LogP contribution in [0.4, 0.5) is 0 Å². The van der Waals surface area contributed by atoms with E-state index >= 15 is 0 Å². The maximum absolute atomic E-state index is 12.4. The number of carbonyl (C=O) groups is 1. The van der Waals surface area contributed by atoms with Gasteiger partial charge in [0.2, 0.25) is 0 Å². The van der Waals surface area contributed by atoms with Gasteiger partial charge in [0.25, 0.3) is 0 Å². The average molecular weight is 376 g/mol. The van der Waals surface area contributed by atoms with Gasteiger partial charge in [-0.15, -0.1) is 0 Å². The Morgan fingerprint density at radius 1 is 0.759 bits per heavy atom. The predicted octanol–water partition coefficient (Wildman–Crippen LogP) is 5.83. The number of benzene rings is 2. The van der Waals surface area contributed by atoms with Gasteiger partial charge in [0.15, 0.2) is 0 Å². The number of rotatable bonds is 2. The molecule has 2 nitrogen and oxygen atoms in total. The zero-order valence-corrected chi connectivity index (χ0v) is 16.2. The lowest BCUT2D eigenvalue weighted by Crippen LogP contribution is -2.03. The van der Waals surface area contributed by atoms with Gasteiger partial charge in [-0.2, -0.15) is 0 Å². The average Bonchev–Trinajstić information content (AvgIpc) is 2.93. The van der Waals surface area contributed by atoms with Gasteiger partial charge in [-0.1, -0.05) is 85.0 Å². The number of ether oxygens (including phenoxy) is 1. The topological polar surface area (TPSA) is 26.3 Å². The maximum atomic E-state index is 12.4. The van der Waals surface area contributed by atoms with E-state index in [0.29, 0.717) is 12.2 Å². The first kappa shape index (κ1) is 17.4. The first-order valence-corrected chi connectivity index (χ1v) is 9.78. The molecular weight excluding hydrogens is 356 g/mol. The van der Waals surface area contributed by atoms with Gasteiger partial charge >= 0.3 is 5.97 Å². The highest BCUT2D eigenvalue weighted by atomic mass is 16.5. The molecule has 0 atom stereocenters. The molecular formula is C27H20O2. The summed E-state index contributed by atoms with van der Waals surface area (Å²) in [5, 5.41) is 0. The van der Waals surface area contributed by atoms with Crippen molar-refractivity contribution in [3.8, 4) is 0 Å². The Balaban J connectivity index is 1.86. The summed E-state index contributed by atoms with van der Waals surface area (Å²) < 4.78 is 5.44. The van der Waals surface area contributed by atoms with Gasteiger partial charge in [0.05, 0.1) is 5.57 Å². The fourth-order valence-corrected chi connectivity index (χ4v) is 4.20. The van der Waals surface area contributed by atoms with Crippen molar-refractivity contribution in [3.63, 3.8) is 0 Å². The van der Waals surface area contributed by atoms with E-state index in [1.807, 2.05) is 36.4 Å². The third-order valence-corrected chi connectivity index (χ3v) is 5.57. The van der Waals surface area contributed by atoms with Gasteiger partial charge in [0, 0.05) is 5.57 Å². The van der Waals surface area contributed by atoms with Crippen LogP contribution < -0.4 is 0 Å². The van der Waals surface area contributed by atoms with Crippen molar-refractivity contribution in [3.05, 3.63) is 130 Å². The smallest absolute Gasteiger partial charge is 0.338 e. The summed E-state index contributed by atoms with van der Waals surface area (Å²) in [4.78, 5) is 12.4. The highest BCUT2D eigenvalue weighted by Gasteiger charge is 2.33. The summed E-state index contributed by atoms with van der Waals surface area (Å²) in [6, 6.07) is 20.7. The van der Waals surface area contributed by atoms with Gasteiger partial charge in [-0.25, -0.2) is 4.79 Å². The van der Waals surface area contributed by atoms with Gasteiger partial charge in [-0.05, 0) is 52.0 Å². The zero-order chi connectivity index (χ0) is 19.8. The molecule has 0 amide bonds. The van der Waals surface area contributed by atoms with E-state index < -0.39 is 0 Å². The molecule has 1 heterocycles. The molecule has 0 unspecified atom stereocenters. The largest absolute Gasteiger partial charge is 0.457 e. The van der Waals surface area contributed by atoms with Crippen molar-refractivity contribution in [1.82, 2.24) is 0 Å². The van der Waals surface area contributed by atoms with Crippen molar-refractivity contribution in [2.75, 3.05) is 6.61 Å². The second-order valence-electron chi connectivity index (χ2n) is 7.32. The second kappa shape index (κ2) is 7.06. The van der Waals surface area contributed by atoms with Crippen molar-refractivity contribution in [2.24, 2.45) is 0 Å². The van der Waals surface area contributed by atoms with Gasteiger partial charge in [0.1, 0.15) is 6.61 Å². The molecule has 0 N–H and O–H groups in total. The minimum absolute atomic E-state index is 0.247. The van der Waals surface area contributed by atoms with Crippen molar-refractivity contribution in [2.45, 2.75) is 6.92 Å². The number of fused-ring (bicyclic) bond motifs is 2. The van der Waals surface area contributed by atoms with E-state index in [1.54, 1.807) is 0 Å². The molecule has 2 aromatic carbocycles. The quantitative estimate of drug-likeness (QED) is 0.616. The molecule has 2 aliphatic carbocycles. The molecule has 29 heavy (non-hydrogen) atoms. The van der Waals surface area contributed by atoms with Crippen LogP contribution in [0.3, 0.4) is 0 Å². The minimum atomic E-state index is -0.247. The Morgan fingerprint density at radius 3 is 2.17 bits per heavy atom. The molecule has 0 bridgehead atoms. The number of hydrogen-bond donors (Lipinski definition) is 0. The predicted molar refractivity (Wildman–Crippen MR) is 117 cm³/mol. The molecule has 0 radical (unpaired) electrons. The SMILES string of the molecule is CC1=CC=C2C(=O)OCC2=C2C(c3ccccc3)=CC=CC(c3ccccc3)=C12. The van der Waals surface area contributed by atoms with Crippen LogP contribution in [0.2, 0.25) is 0 Å². The number of allylic oxidation sites excluding steroid dienone is 10. The molecule has 5 rings (SSSR count). The van der Waals surface area contributed by atoms with Crippen molar-refractivity contribution < 1.29 is 9.53 Å². The number of hydrogen-bond acceptors (Lipinski definition) is 2. The first-order chi connectivity index (χ1) is 14.2. The fraction of sp³-hybridized carbons (Fsp3) is 0.0741. The molecule has 1 saturated heterocycles. The standard InChI is InChI=1S/C27H20O2/c1-18-15-16-23-24(17-29-27(23)28)26-22(20-11-6-3-7-12-20)14-8-13-21(25(18)26)19-9-4-2-5-10-19/h2-16H,17H2,1H3. The summed E-state index contributed by atoms with van der Waals surface area (Å²) in [6.45, 7) is 2.42. The molecule has 2 heteroatoms. The molecule has 0 saturated carbocycles. The lowest BCUT2D eigenvalue weighted by molar-refractivity contribution is -0.134. The summed E-state index contributed by atoms with van der Waals surface area (Å²) in [6.07, 6.45) is 10.4. The van der Waals surface area contributed by atoms with E-state index in [2.05, 4.69) is 61.5 Å². The highest BCUT2D eigenvalue weighted by molar-refractivity contribution is 6.04. The maximum Gasteiger partial charge on any atom is 0.338 e. The molecule has 1 fully saturated rings. The third-order valence-electron chi connectivity index (χ3n) is 5.57. The van der Waals surface area contributed by atoms with Crippen LogP contribution in [0.25, 0.3) is 11.1 Å². The molecule has 2 aromatic rings. The van der Waals surface area contributed by atoms with Crippen molar-refractivity contribution >= 4 is 17.1 Å². The number of carbonyl (C=O) groups excluding carboxylic acids is 1. The lowest BCUT2D eigenvalue weighted by atomic mass is 9.82. The monoisotopic (exact) mass is 376 g/mol. The summed E-state index contributed by atoms with van der Waals surface area (Å²) in [5.74, 6) is -0.247. The van der Waals surface area contributed by atoms with Crippen LogP contribution in [-0.4, -0.2) is 12.6 Å². The van der Waals surface area contributed by atoms with E-state index in [1.165, 1.54) is 0 Å². The molecule has 1 aliphatic heterocycles. The number of esters is 1. The van der Waals surface area contributed by atoms with E-state index in [-0.39, 0.29) is 5.97 Å². The van der Waals surface area contributed by atoms with Crippen LogP contribution >= 0.6 is 0 Å². The lowest BCUT2D eigenvalue weighted by Gasteiger charge is -2.20. The molecule has 140 valence electrons. The van der Waals surface area contributed by atoms with Crippen LogP contribution in [0, 0.1) is 0 Å². The Bertz CT molecular complexity index is 1180. The highest BCUT2D eigenvalue weighted by Crippen LogP contribution is 2.45. The molecule has 3 aliphatic rings. The second-order valence-corrected chi connectivity index (χ2v) is 7.32. The fourth-order valence-electron chi connectivity index (χ4n) is 4.20. The Kier molecular flexibility index (Phi) is 4.25. The molecule has 0 spiro atoms. The van der Waals surface area contributed by atoms with Gasteiger partial charge in [-0.3, -0.25) is 0 Å². The van der Waals surface area contributed by atoms with Crippen molar-refractivity contribution in [1.29, 1.82) is 0 Å². The summed E-state index contributed by atoms with van der Waals surface area (Å²) in [5.41, 5.74) is 9.53. The Hall–Kier alpha value is -3.65. The van der Waals surface area contributed by atoms with Crippen LogP contribution in [-0.2, 0) is 9.53 Å². The number of cyclic esters (lactones) is 1. The zero-order valence-electron chi connectivity index (χ0n) is 16.2. The summed E-state index contributed by atoms with van der Waals surface area (Å²) in [7, 11) is 0. The first-order valence-electron chi connectivity index (χ1n) is 9.78. The minimum Gasteiger partial charge on any atom is -0.457 e. The van der Waals surface area contributed by atoms with Crippen LogP contribution in [0.5, 0.6) is 0 Å². The van der Waals surface area contributed by atoms with E-state index in [9.17, 15) is 4.79 Å². The Morgan fingerprint density at radius 2 is 1.45 bits per heavy atom. The molecule has 0 aromatic heterocycles. The van der Waals surface area contributed by atoms with E-state index in [0.717, 1.165) is 44.6 Å². The summed E-state index contributed by atoms with van der Waals surface area (Å²) >= 11 is 0. The third kappa shape index (κ3) is 2.94. The Labute approximate surface area is 170 Å². The van der Waals surface area contributed by atoms with E-state index in [4.69, 9.17) is 4.74 Å². The van der Waals surface area contributed by atoms with Crippen LogP contribution in [0.1, 0.15) is 18.1 Å². The van der Waals surface area contributed by atoms with Crippen LogP contribution in [0.15, 0.2) is 119 Å². The normalized spacial score (nSPS) is 18.2.